The van der Waals surface area contributed by atoms with Gasteiger partial charge in [-0.25, -0.2) is 0 Å². The summed E-state index contributed by atoms with van der Waals surface area (Å²) in [7, 11) is 0. The molecule has 124 valence electrons. The first-order chi connectivity index (χ1) is 11.7. The number of hydrogen-bond donors (Lipinski definition) is 0. The molecule has 0 N–H and O–H groups in total. The lowest BCUT2D eigenvalue weighted by molar-refractivity contribution is -0.131. The second-order valence-corrected chi connectivity index (χ2v) is 7.36. The second kappa shape index (κ2) is 6.32. The average molecular weight is 341 g/mol. The molecule has 0 atom stereocenters. The topological polar surface area (TPSA) is 63.4 Å². The summed E-state index contributed by atoms with van der Waals surface area (Å²) in [6.07, 6.45) is 4.27. The summed E-state index contributed by atoms with van der Waals surface area (Å²) >= 11 is 1.50. The summed E-state index contributed by atoms with van der Waals surface area (Å²) in [5.74, 6) is 0.952. The van der Waals surface area contributed by atoms with E-state index in [-0.39, 0.29) is 5.91 Å². The fraction of sp³-hybridized carbons (Fsp3) is 0.412. The number of hydrogen-bond acceptors (Lipinski definition) is 5. The van der Waals surface area contributed by atoms with E-state index in [4.69, 9.17) is 0 Å². The number of rotatable bonds is 3. The number of amides is 1. The van der Waals surface area contributed by atoms with Crippen LogP contribution in [0.5, 0.6) is 0 Å². The molecule has 6 nitrogen and oxygen atoms in total. The van der Waals surface area contributed by atoms with Crippen molar-refractivity contribution in [2.45, 2.75) is 26.2 Å². The van der Waals surface area contributed by atoms with Crippen molar-refractivity contribution in [1.82, 2.24) is 24.7 Å². The first kappa shape index (κ1) is 15.3. The van der Waals surface area contributed by atoms with Gasteiger partial charge in [-0.05, 0) is 30.4 Å². The SMILES string of the molecule is CC1CCN(C(=O)Cc2cccc(-c3nn4cnnc4s3)c2)CC1. The van der Waals surface area contributed by atoms with E-state index >= 15 is 0 Å². The monoisotopic (exact) mass is 341 g/mol. The molecule has 1 fully saturated rings. The highest BCUT2D eigenvalue weighted by molar-refractivity contribution is 7.19. The van der Waals surface area contributed by atoms with Gasteiger partial charge in [0, 0.05) is 18.7 Å². The van der Waals surface area contributed by atoms with Gasteiger partial charge in [0.25, 0.3) is 0 Å². The third kappa shape index (κ3) is 3.03. The quantitative estimate of drug-likeness (QED) is 0.735. The van der Waals surface area contributed by atoms with Crippen LogP contribution in [0.4, 0.5) is 0 Å². The molecule has 2 aromatic heterocycles. The molecule has 24 heavy (non-hydrogen) atoms. The third-order valence-electron chi connectivity index (χ3n) is 4.55. The lowest BCUT2D eigenvalue weighted by atomic mass is 9.98. The molecular weight excluding hydrogens is 322 g/mol. The molecule has 1 saturated heterocycles. The molecule has 0 saturated carbocycles. The minimum Gasteiger partial charge on any atom is -0.342 e. The van der Waals surface area contributed by atoms with Crippen molar-refractivity contribution in [2.24, 2.45) is 5.92 Å². The van der Waals surface area contributed by atoms with Gasteiger partial charge in [0.15, 0.2) is 0 Å². The Morgan fingerprint density at radius 1 is 1.33 bits per heavy atom. The van der Waals surface area contributed by atoms with E-state index in [0.717, 1.165) is 52.9 Å². The van der Waals surface area contributed by atoms with E-state index in [9.17, 15) is 4.79 Å². The molecule has 0 spiro atoms. The van der Waals surface area contributed by atoms with Crippen molar-refractivity contribution in [3.05, 3.63) is 36.2 Å². The Balaban J connectivity index is 1.50. The Morgan fingerprint density at radius 2 is 2.17 bits per heavy atom. The average Bonchev–Trinajstić information content (AvgIpc) is 3.17. The number of piperidine rings is 1. The van der Waals surface area contributed by atoms with Gasteiger partial charge in [-0.3, -0.25) is 4.79 Å². The van der Waals surface area contributed by atoms with Gasteiger partial charge in [0.05, 0.1) is 6.42 Å². The highest BCUT2D eigenvalue weighted by atomic mass is 32.1. The molecule has 0 radical (unpaired) electrons. The minimum absolute atomic E-state index is 0.220. The van der Waals surface area contributed by atoms with Gasteiger partial charge in [-0.1, -0.05) is 36.5 Å². The predicted octanol–water partition coefficient (Wildman–Crippen LogP) is 2.65. The van der Waals surface area contributed by atoms with Gasteiger partial charge < -0.3 is 4.90 Å². The van der Waals surface area contributed by atoms with Crippen LogP contribution in [-0.4, -0.2) is 43.7 Å². The number of likely N-dealkylation sites (tertiary alicyclic amines) is 1. The van der Waals surface area contributed by atoms with Crippen LogP contribution in [0.3, 0.4) is 0 Å². The molecule has 1 aliphatic heterocycles. The Morgan fingerprint density at radius 3 is 2.96 bits per heavy atom. The predicted molar refractivity (Wildman–Crippen MR) is 92.8 cm³/mol. The van der Waals surface area contributed by atoms with Crippen molar-refractivity contribution in [2.75, 3.05) is 13.1 Å². The van der Waals surface area contributed by atoms with E-state index in [1.807, 2.05) is 23.1 Å². The van der Waals surface area contributed by atoms with Crippen molar-refractivity contribution >= 4 is 22.2 Å². The van der Waals surface area contributed by atoms with Crippen LogP contribution >= 0.6 is 11.3 Å². The van der Waals surface area contributed by atoms with Crippen molar-refractivity contribution in [1.29, 1.82) is 0 Å². The van der Waals surface area contributed by atoms with Crippen LogP contribution in [0.1, 0.15) is 25.3 Å². The van der Waals surface area contributed by atoms with Gasteiger partial charge in [0.1, 0.15) is 11.3 Å². The van der Waals surface area contributed by atoms with E-state index in [1.54, 1.807) is 10.8 Å². The number of benzene rings is 1. The van der Waals surface area contributed by atoms with Crippen LogP contribution in [0.15, 0.2) is 30.6 Å². The van der Waals surface area contributed by atoms with Crippen LogP contribution in [-0.2, 0) is 11.2 Å². The molecule has 1 amide bonds. The molecule has 3 aromatic rings. The van der Waals surface area contributed by atoms with E-state index < -0.39 is 0 Å². The van der Waals surface area contributed by atoms with Crippen LogP contribution in [0.2, 0.25) is 0 Å². The maximum Gasteiger partial charge on any atom is 0.234 e. The maximum atomic E-state index is 12.5. The molecule has 1 aliphatic rings. The maximum absolute atomic E-state index is 12.5. The number of carbonyl (C=O) groups is 1. The molecule has 4 rings (SSSR count). The van der Waals surface area contributed by atoms with Gasteiger partial charge >= 0.3 is 0 Å². The van der Waals surface area contributed by atoms with E-state index in [2.05, 4.69) is 28.3 Å². The summed E-state index contributed by atoms with van der Waals surface area (Å²) in [6.45, 7) is 4.03. The largest absolute Gasteiger partial charge is 0.342 e. The molecule has 3 heterocycles. The summed E-state index contributed by atoms with van der Waals surface area (Å²) in [4.78, 5) is 15.3. The highest BCUT2D eigenvalue weighted by Crippen LogP contribution is 2.26. The normalized spacial score (nSPS) is 16.0. The number of carbonyl (C=O) groups excluding carboxylic acids is 1. The standard InChI is InChI=1S/C17H19N5OS/c1-12-5-7-21(8-6-12)15(23)10-13-3-2-4-14(9-13)16-20-22-11-18-19-17(22)24-16/h2-4,9,11-12H,5-8,10H2,1H3. The van der Waals surface area contributed by atoms with E-state index in [1.165, 1.54) is 11.3 Å². The minimum atomic E-state index is 0.220. The molecular formula is C17H19N5OS. The number of fused-ring (bicyclic) bond motifs is 1. The fourth-order valence-electron chi connectivity index (χ4n) is 3.04. The molecule has 1 aromatic carbocycles. The first-order valence-corrected chi connectivity index (χ1v) is 9.04. The van der Waals surface area contributed by atoms with Gasteiger partial charge in [0.2, 0.25) is 10.9 Å². The summed E-state index contributed by atoms with van der Waals surface area (Å²) in [6, 6.07) is 8.06. The second-order valence-electron chi connectivity index (χ2n) is 6.41. The van der Waals surface area contributed by atoms with Crippen LogP contribution in [0.25, 0.3) is 15.5 Å². The van der Waals surface area contributed by atoms with Gasteiger partial charge in [-0.2, -0.15) is 9.61 Å². The first-order valence-electron chi connectivity index (χ1n) is 8.23. The third-order valence-corrected chi connectivity index (χ3v) is 5.51. The highest BCUT2D eigenvalue weighted by Gasteiger charge is 2.20. The van der Waals surface area contributed by atoms with Crippen LogP contribution in [0, 0.1) is 5.92 Å². The van der Waals surface area contributed by atoms with E-state index in [0.29, 0.717) is 6.42 Å². The smallest absolute Gasteiger partial charge is 0.234 e. The number of aromatic nitrogens is 4. The van der Waals surface area contributed by atoms with Crippen molar-refractivity contribution in [3.63, 3.8) is 0 Å². The van der Waals surface area contributed by atoms with Crippen LogP contribution < -0.4 is 0 Å². The zero-order chi connectivity index (χ0) is 16.5. The molecule has 7 heteroatoms. The summed E-state index contributed by atoms with van der Waals surface area (Å²) < 4.78 is 1.67. The van der Waals surface area contributed by atoms with Crippen molar-refractivity contribution < 1.29 is 4.79 Å². The molecule has 0 aliphatic carbocycles. The number of nitrogens with zero attached hydrogens (tertiary/aromatic N) is 5. The van der Waals surface area contributed by atoms with Gasteiger partial charge in [-0.15, -0.1) is 10.2 Å². The Labute approximate surface area is 144 Å². The fourth-order valence-corrected chi connectivity index (χ4v) is 3.85. The lowest BCUT2D eigenvalue weighted by Gasteiger charge is -2.30. The summed E-state index contributed by atoms with van der Waals surface area (Å²) in [5.41, 5.74) is 2.05. The zero-order valence-electron chi connectivity index (χ0n) is 13.6. The van der Waals surface area contributed by atoms with Crippen molar-refractivity contribution in [3.8, 4) is 10.6 Å². The zero-order valence-corrected chi connectivity index (χ0v) is 14.4. The Bertz CT molecular complexity index is 834. The molecule has 0 unspecified atom stereocenters. The lowest BCUT2D eigenvalue weighted by Crippen LogP contribution is -2.38. The summed E-state index contributed by atoms with van der Waals surface area (Å²) in [5, 5.41) is 13.2. The Kier molecular flexibility index (Phi) is 4.02. The Hall–Kier alpha value is -2.28. The molecule has 0 bridgehead atoms.